The van der Waals surface area contributed by atoms with Gasteiger partial charge in [-0.3, -0.25) is 0 Å². The lowest BCUT2D eigenvalue weighted by Gasteiger charge is -2.01. The van der Waals surface area contributed by atoms with Crippen LogP contribution < -0.4 is 5.73 Å². The van der Waals surface area contributed by atoms with E-state index in [1.165, 1.54) is 12.1 Å². The van der Waals surface area contributed by atoms with Gasteiger partial charge in [0.25, 0.3) is 0 Å². The number of phenolic OH excluding ortho intramolecular Hbond substituents is 1. The van der Waals surface area contributed by atoms with Crippen LogP contribution in [0.1, 0.15) is 5.56 Å². The Bertz CT molecular complexity index is 379. The van der Waals surface area contributed by atoms with Crippen molar-refractivity contribution >= 4 is 28.9 Å². The summed E-state index contributed by atoms with van der Waals surface area (Å²) in [7, 11) is 0. The highest BCUT2D eigenvalue weighted by Gasteiger charge is 2.03. The molecule has 0 radical (unpaired) electrons. The summed E-state index contributed by atoms with van der Waals surface area (Å²) in [5, 5.41) is 9.86. The molecule has 0 amide bonds. The lowest BCUT2D eigenvalue weighted by Crippen LogP contribution is -1.88. The normalized spacial score (nSPS) is 9.08. The first-order valence-electron chi connectivity index (χ1n) is 3.48. The Hall–Kier alpha value is -1.04. The molecule has 3 N–H and O–H groups in total. The monoisotopic (exact) mass is 215 g/mol. The Kier molecular flexibility index (Phi) is 3.30. The zero-order chi connectivity index (χ0) is 9.84. The average Bonchev–Trinajstić information content (AvgIpc) is 2.09. The molecule has 1 rings (SSSR count). The van der Waals surface area contributed by atoms with Crippen LogP contribution >= 0.6 is 23.2 Å². The highest BCUT2D eigenvalue weighted by Crippen LogP contribution is 2.28. The Morgan fingerprint density at radius 1 is 1.46 bits per heavy atom. The summed E-state index contributed by atoms with van der Waals surface area (Å²) in [6.07, 6.45) is 0. The topological polar surface area (TPSA) is 46.2 Å². The summed E-state index contributed by atoms with van der Waals surface area (Å²) in [4.78, 5) is 0. The zero-order valence-electron chi connectivity index (χ0n) is 6.64. The maximum Gasteiger partial charge on any atom is 0.154 e. The van der Waals surface area contributed by atoms with Crippen LogP contribution in [0, 0.1) is 11.8 Å². The van der Waals surface area contributed by atoms with Crippen LogP contribution in [-0.2, 0) is 0 Å². The first-order valence-corrected chi connectivity index (χ1v) is 4.39. The van der Waals surface area contributed by atoms with E-state index in [0.29, 0.717) is 10.6 Å². The summed E-state index contributed by atoms with van der Waals surface area (Å²) in [6, 6.07) is 3.00. The number of hydrogen-bond donors (Lipinski definition) is 2. The Labute approximate surface area is 86.3 Å². The summed E-state index contributed by atoms with van der Waals surface area (Å²) >= 11 is 11.1. The van der Waals surface area contributed by atoms with Gasteiger partial charge in [0.05, 0.1) is 17.1 Å². The second-order valence-corrected chi connectivity index (χ2v) is 3.03. The minimum Gasteiger partial charge on any atom is -0.505 e. The van der Waals surface area contributed by atoms with Gasteiger partial charge in [0.1, 0.15) is 0 Å². The van der Waals surface area contributed by atoms with Gasteiger partial charge in [0.2, 0.25) is 0 Å². The highest BCUT2D eigenvalue weighted by atomic mass is 35.5. The van der Waals surface area contributed by atoms with Crippen LogP contribution in [-0.4, -0.2) is 11.0 Å². The van der Waals surface area contributed by atoms with Crippen LogP contribution in [0.2, 0.25) is 5.02 Å². The third kappa shape index (κ3) is 2.45. The van der Waals surface area contributed by atoms with Crippen molar-refractivity contribution in [3.8, 4) is 17.6 Å². The maximum atomic E-state index is 9.42. The number of rotatable bonds is 0. The number of phenols is 1. The van der Waals surface area contributed by atoms with Crippen molar-refractivity contribution < 1.29 is 5.11 Å². The van der Waals surface area contributed by atoms with Gasteiger partial charge in [-0.2, -0.15) is 0 Å². The van der Waals surface area contributed by atoms with Gasteiger partial charge in [-0.05, 0) is 12.1 Å². The quantitative estimate of drug-likeness (QED) is 0.302. The molecule has 1 aromatic rings. The van der Waals surface area contributed by atoms with E-state index in [2.05, 4.69) is 11.8 Å². The molecule has 0 heterocycles. The van der Waals surface area contributed by atoms with Gasteiger partial charge in [-0.15, -0.1) is 11.6 Å². The van der Waals surface area contributed by atoms with E-state index in [1.807, 2.05) is 0 Å². The van der Waals surface area contributed by atoms with Crippen molar-refractivity contribution in [3.63, 3.8) is 0 Å². The van der Waals surface area contributed by atoms with E-state index >= 15 is 0 Å². The minimum atomic E-state index is -0.0537. The van der Waals surface area contributed by atoms with Crippen molar-refractivity contribution in [2.45, 2.75) is 0 Å². The molecule has 4 heteroatoms. The fraction of sp³-hybridized carbons (Fsp3) is 0.111. The molecule has 1 aromatic carbocycles. The maximum absolute atomic E-state index is 9.42. The molecule has 68 valence electrons. The second-order valence-electron chi connectivity index (χ2n) is 2.33. The van der Waals surface area contributed by atoms with Gasteiger partial charge < -0.3 is 10.8 Å². The molecule has 0 aliphatic heterocycles. The lowest BCUT2D eigenvalue weighted by atomic mass is 10.2. The van der Waals surface area contributed by atoms with Crippen molar-refractivity contribution in [1.82, 2.24) is 0 Å². The van der Waals surface area contributed by atoms with Crippen LogP contribution in [0.5, 0.6) is 5.75 Å². The molecule has 13 heavy (non-hydrogen) atoms. The molecular weight excluding hydrogens is 209 g/mol. The van der Waals surface area contributed by atoms with Gasteiger partial charge in [0, 0.05) is 5.02 Å². The first-order chi connectivity index (χ1) is 6.15. The zero-order valence-corrected chi connectivity index (χ0v) is 8.15. The SMILES string of the molecule is Nc1cc(Cl)cc(C#CCCl)c1O. The van der Waals surface area contributed by atoms with Gasteiger partial charge >= 0.3 is 0 Å². The summed E-state index contributed by atoms with van der Waals surface area (Å²) < 4.78 is 0. The van der Waals surface area contributed by atoms with Crippen molar-refractivity contribution in [1.29, 1.82) is 0 Å². The molecule has 0 saturated carbocycles. The van der Waals surface area contributed by atoms with Crippen LogP contribution in [0.25, 0.3) is 0 Å². The average molecular weight is 216 g/mol. The smallest absolute Gasteiger partial charge is 0.154 e. The van der Waals surface area contributed by atoms with E-state index < -0.39 is 0 Å². The van der Waals surface area contributed by atoms with E-state index in [1.54, 1.807) is 0 Å². The Morgan fingerprint density at radius 3 is 2.77 bits per heavy atom. The third-order valence-electron chi connectivity index (χ3n) is 1.39. The summed E-state index contributed by atoms with van der Waals surface area (Å²) in [5.41, 5.74) is 6.07. The van der Waals surface area contributed by atoms with E-state index in [-0.39, 0.29) is 17.3 Å². The summed E-state index contributed by atoms with van der Waals surface area (Å²) in [6.45, 7) is 0. The van der Waals surface area contributed by atoms with Crippen LogP contribution in [0.3, 0.4) is 0 Å². The molecule has 0 aliphatic carbocycles. The largest absolute Gasteiger partial charge is 0.505 e. The van der Waals surface area contributed by atoms with Crippen LogP contribution in [0.15, 0.2) is 12.1 Å². The number of aromatic hydroxyl groups is 1. The molecule has 0 aliphatic rings. The molecule has 0 saturated heterocycles. The Balaban J connectivity index is 3.20. The van der Waals surface area contributed by atoms with Crippen LogP contribution in [0.4, 0.5) is 5.69 Å². The summed E-state index contributed by atoms with van der Waals surface area (Å²) in [5.74, 6) is 5.40. The molecule has 0 bridgehead atoms. The van der Waals surface area contributed by atoms with E-state index in [9.17, 15) is 5.11 Å². The molecular formula is C9H7Cl2NO. The Morgan fingerprint density at radius 2 is 2.15 bits per heavy atom. The van der Waals surface area contributed by atoms with Gasteiger partial charge in [0.15, 0.2) is 5.75 Å². The standard InChI is InChI=1S/C9H7Cl2NO/c10-3-1-2-6-4-7(11)5-8(12)9(6)13/h4-5,13H,3,12H2. The predicted molar refractivity (Wildman–Crippen MR) is 55.1 cm³/mol. The van der Waals surface area contributed by atoms with Crippen molar-refractivity contribution in [2.24, 2.45) is 0 Å². The number of alkyl halides is 1. The number of nitrogen functional groups attached to an aromatic ring is 1. The number of anilines is 1. The molecule has 0 aromatic heterocycles. The second kappa shape index (κ2) is 4.27. The molecule has 0 unspecified atom stereocenters. The molecule has 0 fully saturated rings. The first kappa shape index (κ1) is 10.0. The fourth-order valence-corrected chi connectivity index (χ4v) is 1.14. The number of hydrogen-bond acceptors (Lipinski definition) is 2. The highest BCUT2D eigenvalue weighted by molar-refractivity contribution is 6.31. The predicted octanol–water partition coefficient (Wildman–Crippen LogP) is 2.22. The molecule has 0 spiro atoms. The van der Waals surface area contributed by atoms with Crippen molar-refractivity contribution in [2.75, 3.05) is 11.6 Å². The number of nitrogens with two attached hydrogens (primary N) is 1. The number of halogens is 2. The fourth-order valence-electron chi connectivity index (χ4n) is 0.844. The van der Waals surface area contributed by atoms with E-state index in [0.717, 1.165) is 0 Å². The molecule has 2 nitrogen and oxygen atoms in total. The third-order valence-corrected chi connectivity index (χ3v) is 1.75. The van der Waals surface area contributed by atoms with Gasteiger partial charge in [-0.25, -0.2) is 0 Å². The minimum absolute atomic E-state index is 0.0537. The van der Waals surface area contributed by atoms with Crippen molar-refractivity contribution in [3.05, 3.63) is 22.7 Å². The van der Waals surface area contributed by atoms with Gasteiger partial charge in [-0.1, -0.05) is 23.4 Å². The molecule has 0 atom stereocenters. The van der Waals surface area contributed by atoms with E-state index in [4.69, 9.17) is 28.9 Å². The lowest BCUT2D eigenvalue weighted by molar-refractivity contribution is 0.476. The number of benzene rings is 1.